The van der Waals surface area contributed by atoms with Crippen LogP contribution in [0, 0.1) is 0 Å². The molecule has 0 aromatic rings. The first kappa shape index (κ1) is 16.8. The van der Waals surface area contributed by atoms with Gasteiger partial charge < -0.3 is 15.4 Å². The van der Waals surface area contributed by atoms with Gasteiger partial charge in [0.25, 0.3) is 0 Å². The first-order valence-corrected chi connectivity index (χ1v) is 7.92. The van der Waals surface area contributed by atoms with Crippen LogP contribution in [0.25, 0.3) is 0 Å². The third kappa shape index (κ3) is 5.81. The monoisotopic (exact) mass is 302 g/mol. The number of esters is 1. The Balaban J connectivity index is 2.46. The lowest BCUT2D eigenvalue weighted by molar-refractivity contribution is -0.148. The Hall–Kier alpha value is -1.24. The van der Waals surface area contributed by atoms with Gasteiger partial charge in [-0.3, -0.25) is 14.4 Å². The smallest absolute Gasteiger partial charge is 0.325 e. The van der Waals surface area contributed by atoms with Gasteiger partial charge in [0.15, 0.2) is 0 Å². The van der Waals surface area contributed by atoms with Crippen molar-refractivity contribution in [2.24, 2.45) is 5.73 Å². The summed E-state index contributed by atoms with van der Waals surface area (Å²) in [6.07, 6.45) is 4.37. The van der Waals surface area contributed by atoms with Crippen molar-refractivity contribution in [2.75, 3.05) is 25.2 Å². The van der Waals surface area contributed by atoms with E-state index < -0.39 is 5.97 Å². The Labute approximate surface area is 123 Å². The zero-order valence-electron chi connectivity index (χ0n) is 11.8. The highest BCUT2D eigenvalue weighted by Crippen LogP contribution is 2.24. The molecule has 2 amide bonds. The molecule has 6 nitrogen and oxygen atoms in total. The third-order valence-corrected chi connectivity index (χ3v) is 4.30. The Kier molecular flexibility index (Phi) is 7.43. The number of hydrogen-bond donors (Lipinski definition) is 1. The van der Waals surface area contributed by atoms with E-state index in [0.29, 0.717) is 12.2 Å². The van der Waals surface area contributed by atoms with Crippen LogP contribution in [-0.2, 0) is 19.1 Å². The van der Waals surface area contributed by atoms with E-state index in [1.165, 1.54) is 18.9 Å². The van der Waals surface area contributed by atoms with Gasteiger partial charge in [-0.1, -0.05) is 12.8 Å². The molecule has 2 N–H and O–H groups in total. The number of thioether (sulfide) groups is 1. The van der Waals surface area contributed by atoms with Crippen LogP contribution in [0.2, 0.25) is 0 Å². The number of carbonyl (C=O) groups excluding carboxylic acids is 3. The SMILES string of the molecule is COC(=O)CN(C(=O)CCSCC(N)=O)C1CCCC1. The number of primary amides is 1. The lowest BCUT2D eigenvalue weighted by atomic mass is 10.2. The number of methoxy groups -OCH3 is 1. The molecule has 114 valence electrons. The maximum Gasteiger partial charge on any atom is 0.325 e. The van der Waals surface area contributed by atoms with Crippen LogP contribution in [0.1, 0.15) is 32.1 Å². The quantitative estimate of drug-likeness (QED) is 0.522. The van der Waals surface area contributed by atoms with Gasteiger partial charge >= 0.3 is 5.97 Å². The van der Waals surface area contributed by atoms with Crippen LogP contribution >= 0.6 is 11.8 Å². The number of carbonyl (C=O) groups is 3. The summed E-state index contributed by atoms with van der Waals surface area (Å²) in [7, 11) is 1.32. The van der Waals surface area contributed by atoms with Gasteiger partial charge in [-0.2, -0.15) is 11.8 Å². The Morgan fingerprint density at radius 1 is 1.30 bits per heavy atom. The van der Waals surface area contributed by atoms with Gasteiger partial charge in [-0.25, -0.2) is 0 Å². The summed E-state index contributed by atoms with van der Waals surface area (Å²) in [5.41, 5.74) is 5.04. The van der Waals surface area contributed by atoms with E-state index >= 15 is 0 Å². The number of nitrogens with two attached hydrogens (primary N) is 1. The summed E-state index contributed by atoms with van der Waals surface area (Å²) in [5.74, 6) is -0.0844. The van der Waals surface area contributed by atoms with Gasteiger partial charge in [0.2, 0.25) is 11.8 Å². The number of rotatable bonds is 8. The first-order chi connectivity index (χ1) is 9.54. The van der Waals surface area contributed by atoms with Crippen molar-refractivity contribution in [1.82, 2.24) is 4.90 Å². The normalized spacial score (nSPS) is 15.1. The minimum Gasteiger partial charge on any atom is -0.468 e. The lowest BCUT2D eigenvalue weighted by Gasteiger charge is -2.27. The van der Waals surface area contributed by atoms with Crippen LogP contribution in [0.3, 0.4) is 0 Å². The Morgan fingerprint density at radius 2 is 1.95 bits per heavy atom. The molecule has 0 heterocycles. The largest absolute Gasteiger partial charge is 0.468 e. The molecular weight excluding hydrogens is 280 g/mol. The van der Waals surface area contributed by atoms with Crippen molar-refractivity contribution in [2.45, 2.75) is 38.1 Å². The molecule has 0 radical (unpaired) electrons. The van der Waals surface area contributed by atoms with E-state index in [1.807, 2.05) is 0 Å². The molecule has 0 atom stereocenters. The highest BCUT2D eigenvalue weighted by atomic mass is 32.2. The topological polar surface area (TPSA) is 89.7 Å². The summed E-state index contributed by atoms with van der Waals surface area (Å²) >= 11 is 1.34. The first-order valence-electron chi connectivity index (χ1n) is 6.77. The van der Waals surface area contributed by atoms with Gasteiger partial charge in [-0.15, -0.1) is 0 Å². The highest BCUT2D eigenvalue weighted by Gasteiger charge is 2.28. The van der Waals surface area contributed by atoms with E-state index in [2.05, 4.69) is 4.74 Å². The predicted octanol–water partition coefficient (Wildman–Crippen LogP) is 0.539. The number of hydrogen-bond acceptors (Lipinski definition) is 5. The summed E-state index contributed by atoms with van der Waals surface area (Å²) in [4.78, 5) is 35.9. The minimum absolute atomic E-state index is 0.0144. The molecule has 1 aliphatic carbocycles. The molecule has 20 heavy (non-hydrogen) atoms. The van der Waals surface area contributed by atoms with Crippen molar-refractivity contribution >= 4 is 29.5 Å². The van der Waals surface area contributed by atoms with Crippen molar-refractivity contribution in [1.29, 1.82) is 0 Å². The van der Waals surface area contributed by atoms with Crippen LogP contribution in [0.5, 0.6) is 0 Å². The molecule has 7 heteroatoms. The second kappa shape index (κ2) is 8.84. The second-order valence-electron chi connectivity index (χ2n) is 4.80. The fraction of sp³-hybridized carbons (Fsp3) is 0.769. The standard InChI is InChI=1S/C13H22N2O4S/c1-19-13(18)8-15(10-4-2-3-5-10)12(17)6-7-20-9-11(14)16/h10H,2-9H2,1H3,(H2,14,16). The van der Waals surface area contributed by atoms with Gasteiger partial charge in [0, 0.05) is 18.2 Å². The zero-order chi connectivity index (χ0) is 15.0. The van der Waals surface area contributed by atoms with Crippen LogP contribution in [-0.4, -0.2) is 53.9 Å². The van der Waals surface area contributed by atoms with E-state index in [0.717, 1.165) is 25.7 Å². The lowest BCUT2D eigenvalue weighted by Crippen LogP contribution is -2.42. The molecule has 0 unspecified atom stereocenters. The number of nitrogens with zero attached hydrogens (tertiary/aromatic N) is 1. The van der Waals surface area contributed by atoms with Crippen molar-refractivity contribution in [3.63, 3.8) is 0 Å². The summed E-state index contributed by atoms with van der Waals surface area (Å²) < 4.78 is 4.65. The fourth-order valence-electron chi connectivity index (χ4n) is 2.32. The van der Waals surface area contributed by atoms with Gasteiger partial charge in [0.05, 0.1) is 12.9 Å². The summed E-state index contributed by atoms with van der Waals surface area (Å²) in [6.45, 7) is 0.0144. The molecule has 1 rings (SSSR count). The van der Waals surface area contributed by atoms with Crippen LogP contribution in [0.4, 0.5) is 0 Å². The predicted molar refractivity (Wildman–Crippen MR) is 77.1 cm³/mol. The molecular formula is C13H22N2O4S. The van der Waals surface area contributed by atoms with E-state index in [9.17, 15) is 14.4 Å². The molecule has 1 saturated carbocycles. The Morgan fingerprint density at radius 3 is 2.50 bits per heavy atom. The Bertz CT molecular complexity index is 356. The zero-order valence-corrected chi connectivity index (χ0v) is 12.6. The van der Waals surface area contributed by atoms with Gasteiger partial charge in [0.1, 0.15) is 6.54 Å². The minimum atomic E-state index is -0.393. The molecule has 0 aliphatic heterocycles. The molecule has 0 bridgehead atoms. The molecule has 0 aromatic heterocycles. The number of ether oxygens (including phenoxy) is 1. The molecule has 0 saturated heterocycles. The van der Waals surface area contributed by atoms with Gasteiger partial charge in [-0.05, 0) is 12.8 Å². The van der Waals surface area contributed by atoms with Crippen molar-refractivity contribution in [3.05, 3.63) is 0 Å². The second-order valence-corrected chi connectivity index (χ2v) is 5.91. The van der Waals surface area contributed by atoms with Crippen LogP contribution in [0.15, 0.2) is 0 Å². The molecule has 1 aliphatic rings. The van der Waals surface area contributed by atoms with E-state index in [4.69, 9.17) is 5.73 Å². The van der Waals surface area contributed by atoms with Crippen molar-refractivity contribution < 1.29 is 19.1 Å². The highest BCUT2D eigenvalue weighted by molar-refractivity contribution is 7.99. The molecule has 0 spiro atoms. The van der Waals surface area contributed by atoms with E-state index in [1.54, 1.807) is 4.90 Å². The maximum absolute atomic E-state index is 12.2. The molecule has 1 fully saturated rings. The number of amides is 2. The van der Waals surface area contributed by atoms with Crippen molar-refractivity contribution in [3.8, 4) is 0 Å². The molecule has 0 aromatic carbocycles. The maximum atomic E-state index is 12.2. The van der Waals surface area contributed by atoms with E-state index in [-0.39, 0.29) is 30.2 Å². The fourth-order valence-corrected chi connectivity index (χ4v) is 2.98. The average Bonchev–Trinajstić information content (AvgIpc) is 2.93. The van der Waals surface area contributed by atoms with Crippen LogP contribution < -0.4 is 5.73 Å². The summed E-state index contributed by atoms with van der Waals surface area (Å²) in [5, 5.41) is 0. The summed E-state index contributed by atoms with van der Waals surface area (Å²) in [6, 6.07) is 0.141. The average molecular weight is 302 g/mol. The third-order valence-electron chi connectivity index (χ3n) is 3.32.